The largest absolute Gasteiger partial charge is 0.329 e. The second-order valence-electron chi connectivity index (χ2n) is 5.37. The van der Waals surface area contributed by atoms with Crippen molar-refractivity contribution in [3.8, 4) is 12.3 Å². The minimum Gasteiger partial charge on any atom is -0.329 e. The summed E-state index contributed by atoms with van der Waals surface area (Å²) in [5, 5.41) is 3.53. The first-order valence-electron chi connectivity index (χ1n) is 7.31. The van der Waals surface area contributed by atoms with Gasteiger partial charge in [0.25, 0.3) is 0 Å². The maximum Gasteiger partial charge on any atom is 0.0692 e. The lowest BCUT2D eigenvalue weighted by atomic mass is 9.96. The number of terminal acetylenes is 1. The SMILES string of the molecule is C#CC(CCC)NC(CN)c1ccccc1C1CC1. The Morgan fingerprint density at radius 2 is 2.16 bits per heavy atom. The molecule has 102 valence electrons. The van der Waals surface area contributed by atoms with E-state index in [2.05, 4.69) is 42.4 Å². The Balaban J connectivity index is 2.15. The van der Waals surface area contributed by atoms with Gasteiger partial charge in [-0.2, -0.15) is 0 Å². The first kappa shape index (κ1) is 14.1. The average Bonchev–Trinajstić information content (AvgIpc) is 3.28. The van der Waals surface area contributed by atoms with E-state index < -0.39 is 0 Å². The number of nitrogens with one attached hydrogen (secondary N) is 1. The molecule has 2 unspecified atom stereocenters. The summed E-state index contributed by atoms with van der Waals surface area (Å²) in [5.41, 5.74) is 8.76. The fraction of sp³-hybridized carbons (Fsp3) is 0.529. The summed E-state index contributed by atoms with van der Waals surface area (Å²) in [7, 11) is 0. The third-order valence-electron chi connectivity index (χ3n) is 3.81. The van der Waals surface area contributed by atoms with Crippen LogP contribution in [-0.2, 0) is 0 Å². The van der Waals surface area contributed by atoms with Gasteiger partial charge in [0, 0.05) is 12.6 Å². The van der Waals surface area contributed by atoms with Gasteiger partial charge in [-0.3, -0.25) is 5.32 Å². The van der Waals surface area contributed by atoms with E-state index >= 15 is 0 Å². The van der Waals surface area contributed by atoms with Gasteiger partial charge in [0.05, 0.1) is 6.04 Å². The smallest absolute Gasteiger partial charge is 0.0692 e. The molecule has 0 heterocycles. The summed E-state index contributed by atoms with van der Waals surface area (Å²) in [4.78, 5) is 0. The van der Waals surface area contributed by atoms with Crippen LogP contribution in [0.3, 0.4) is 0 Å². The molecule has 2 heteroatoms. The summed E-state index contributed by atoms with van der Waals surface area (Å²) in [6, 6.07) is 8.93. The molecule has 2 atom stereocenters. The Bertz CT molecular complexity index is 443. The monoisotopic (exact) mass is 256 g/mol. The molecule has 1 fully saturated rings. The van der Waals surface area contributed by atoms with Crippen molar-refractivity contribution in [2.45, 2.75) is 50.6 Å². The Kier molecular flexibility index (Phi) is 5.01. The van der Waals surface area contributed by atoms with Crippen molar-refractivity contribution >= 4 is 0 Å². The number of hydrogen-bond donors (Lipinski definition) is 2. The lowest BCUT2D eigenvalue weighted by molar-refractivity contribution is 0.473. The van der Waals surface area contributed by atoms with Crippen LogP contribution in [0, 0.1) is 12.3 Å². The molecule has 0 amide bonds. The highest BCUT2D eigenvalue weighted by Gasteiger charge is 2.28. The summed E-state index contributed by atoms with van der Waals surface area (Å²) >= 11 is 0. The molecule has 0 radical (unpaired) electrons. The molecule has 19 heavy (non-hydrogen) atoms. The highest BCUT2D eigenvalue weighted by atomic mass is 15.0. The third kappa shape index (κ3) is 3.59. The first-order valence-corrected chi connectivity index (χ1v) is 7.31. The maximum absolute atomic E-state index is 5.96. The van der Waals surface area contributed by atoms with E-state index in [1.54, 1.807) is 0 Å². The van der Waals surface area contributed by atoms with E-state index in [0.717, 1.165) is 18.8 Å². The maximum atomic E-state index is 5.96. The molecular formula is C17H24N2. The molecule has 0 aliphatic heterocycles. The molecule has 1 aliphatic carbocycles. The van der Waals surface area contributed by atoms with Crippen molar-refractivity contribution < 1.29 is 0 Å². The van der Waals surface area contributed by atoms with Crippen molar-refractivity contribution in [1.82, 2.24) is 5.32 Å². The van der Waals surface area contributed by atoms with Crippen molar-refractivity contribution in [2.75, 3.05) is 6.54 Å². The van der Waals surface area contributed by atoms with Gasteiger partial charge >= 0.3 is 0 Å². The normalized spacial score (nSPS) is 17.7. The van der Waals surface area contributed by atoms with Crippen LogP contribution in [0.25, 0.3) is 0 Å². The highest BCUT2D eigenvalue weighted by Crippen LogP contribution is 2.42. The predicted molar refractivity (Wildman–Crippen MR) is 80.9 cm³/mol. The Labute approximate surface area is 116 Å². The summed E-state index contributed by atoms with van der Waals surface area (Å²) in [6.45, 7) is 2.74. The van der Waals surface area contributed by atoms with Crippen LogP contribution in [0.1, 0.15) is 55.7 Å². The second-order valence-corrected chi connectivity index (χ2v) is 5.37. The van der Waals surface area contributed by atoms with E-state index in [4.69, 9.17) is 12.2 Å². The Morgan fingerprint density at radius 3 is 2.74 bits per heavy atom. The third-order valence-corrected chi connectivity index (χ3v) is 3.81. The van der Waals surface area contributed by atoms with Crippen molar-refractivity contribution in [3.05, 3.63) is 35.4 Å². The molecule has 0 aromatic heterocycles. The number of hydrogen-bond acceptors (Lipinski definition) is 2. The van der Waals surface area contributed by atoms with Gasteiger partial charge < -0.3 is 5.73 Å². The van der Waals surface area contributed by atoms with Gasteiger partial charge in [0.2, 0.25) is 0 Å². The molecule has 0 bridgehead atoms. The molecule has 2 nitrogen and oxygen atoms in total. The number of nitrogens with two attached hydrogens (primary N) is 1. The molecule has 1 aliphatic rings. The van der Waals surface area contributed by atoms with Crippen LogP contribution >= 0.6 is 0 Å². The van der Waals surface area contributed by atoms with E-state index in [1.807, 2.05) is 0 Å². The van der Waals surface area contributed by atoms with Crippen molar-refractivity contribution in [2.24, 2.45) is 5.73 Å². The van der Waals surface area contributed by atoms with E-state index in [9.17, 15) is 0 Å². The fourth-order valence-electron chi connectivity index (χ4n) is 2.63. The molecule has 0 saturated heterocycles. The Morgan fingerprint density at radius 1 is 1.42 bits per heavy atom. The van der Waals surface area contributed by atoms with Crippen LogP contribution in [-0.4, -0.2) is 12.6 Å². The zero-order valence-corrected chi connectivity index (χ0v) is 11.7. The van der Waals surface area contributed by atoms with Crippen molar-refractivity contribution in [1.29, 1.82) is 0 Å². The molecule has 1 aromatic carbocycles. The Hall–Kier alpha value is -1.30. The van der Waals surface area contributed by atoms with Gasteiger partial charge in [-0.25, -0.2) is 0 Å². The minimum absolute atomic E-state index is 0.116. The highest BCUT2D eigenvalue weighted by molar-refractivity contribution is 5.36. The quantitative estimate of drug-likeness (QED) is 0.736. The van der Waals surface area contributed by atoms with Gasteiger partial charge in [-0.05, 0) is 36.3 Å². The standard InChI is InChI=1S/C17H24N2/c1-3-7-14(4-2)19-17(12-18)16-9-6-5-8-15(16)13-10-11-13/h2,5-6,8-9,13-14,17,19H,3,7,10-12,18H2,1H3. The number of rotatable bonds is 7. The van der Waals surface area contributed by atoms with Crippen LogP contribution in [0.4, 0.5) is 0 Å². The minimum atomic E-state index is 0.116. The molecule has 3 N–H and O–H groups in total. The lowest BCUT2D eigenvalue weighted by Gasteiger charge is -2.24. The molecule has 1 aromatic rings. The van der Waals surface area contributed by atoms with Crippen molar-refractivity contribution in [3.63, 3.8) is 0 Å². The van der Waals surface area contributed by atoms with Gasteiger partial charge in [0.15, 0.2) is 0 Å². The van der Waals surface area contributed by atoms with E-state index in [0.29, 0.717) is 6.54 Å². The predicted octanol–water partition coefficient (Wildman–Crippen LogP) is 2.96. The molecular weight excluding hydrogens is 232 g/mol. The number of benzene rings is 1. The summed E-state index contributed by atoms with van der Waals surface area (Å²) in [5.74, 6) is 3.57. The van der Waals surface area contributed by atoms with Gasteiger partial charge in [0.1, 0.15) is 0 Å². The lowest BCUT2D eigenvalue weighted by Crippen LogP contribution is -2.36. The van der Waals surface area contributed by atoms with Crippen LogP contribution in [0.2, 0.25) is 0 Å². The topological polar surface area (TPSA) is 38.0 Å². The fourth-order valence-corrected chi connectivity index (χ4v) is 2.63. The average molecular weight is 256 g/mol. The van der Waals surface area contributed by atoms with E-state index in [-0.39, 0.29) is 12.1 Å². The van der Waals surface area contributed by atoms with Crippen LogP contribution in [0.5, 0.6) is 0 Å². The summed E-state index contributed by atoms with van der Waals surface area (Å²) in [6.07, 6.45) is 10.3. The zero-order chi connectivity index (χ0) is 13.7. The molecule has 1 saturated carbocycles. The zero-order valence-electron chi connectivity index (χ0n) is 11.7. The van der Waals surface area contributed by atoms with Crippen LogP contribution < -0.4 is 11.1 Å². The molecule has 0 spiro atoms. The van der Waals surface area contributed by atoms with Gasteiger partial charge in [-0.15, -0.1) is 6.42 Å². The second kappa shape index (κ2) is 6.75. The molecule has 2 rings (SSSR count). The summed E-state index contributed by atoms with van der Waals surface area (Å²) < 4.78 is 0. The first-order chi connectivity index (χ1) is 9.30. The van der Waals surface area contributed by atoms with E-state index in [1.165, 1.54) is 24.0 Å². The van der Waals surface area contributed by atoms with Gasteiger partial charge in [-0.1, -0.05) is 43.5 Å². The van der Waals surface area contributed by atoms with Crippen LogP contribution in [0.15, 0.2) is 24.3 Å².